The summed E-state index contributed by atoms with van der Waals surface area (Å²) in [5.74, 6) is -1.20. The highest BCUT2D eigenvalue weighted by molar-refractivity contribution is 9.10. The van der Waals surface area contributed by atoms with Crippen molar-refractivity contribution in [2.45, 2.75) is 6.92 Å². The molecule has 0 aliphatic rings. The summed E-state index contributed by atoms with van der Waals surface area (Å²) < 4.78 is 5.81. The number of rotatable bonds is 5. The van der Waals surface area contributed by atoms with Crippen molar-refractivity contribution in [2.24, 2.45) is 0 Å². The average molecular weight is 363 g/mol. The largest absolute Gasteiger partial charge is 0.545 e. The van der Waals surface area contributed by atoms with Gasteiger partial charge in [-0.25, -0.2) is 0 Å². The van der Waals surface area contributed by atoms with E-state index in [4.69, 9.17) is 4.74 Å². The molecule has 0 spiro atoms. The first-order valence-corrected chi connectivity index (χ1v) is 7.25. The standard InChI is InChI=1S/C16H14BrNO4/c1-10-3-2-4-12(7-10)18-15(19)9-22-14-6-5-11(16(20)21)8-13(14)17/h2-8H,9H2,1H3,(H,18,19)(H,20,21)/p-1. The van der Waals surface area contributed by atoms with Crippen molar-refractivity contribution >= 4 is 33.5 Å². The number of aromatic carboxylic acids is 1. The molecule has 1 N–H and O–H groups in total. The Morgan fingerprint density at radius 2 is 2.00 bits per heavy atom. The van der Waals surface area contributed by atoms with Crippen molar-refractivity contribution in [3.8, 4) is 5.75 Å². The molecule has 0 heterocycles. The van der Waals surface area contributed by atoms with Crippen LogP contribution in [-0.4, -0.2) is 18.5 Å². The fourth-order valence-corrected chi connectivity index (χ4v) is 2.30. The number of aryl methyl sites for hydroxylation is 1. The SMILES string of the molecule is Cc1cccc(NC(=O)COc2ccc(C(=O)[O-])cc2Br)c1. The van der Waals surface area contributed by atoms with Gasteiger partial charge in [0.1, 0.15) is 5.75 Å². The van der Waals surface area contributed by atoms with Crippen LogP contribution < -0.4 is 15.2 Å². The number of hydrogen-bond donors (Lipinski definition) is 1. The number of carboxylic acids is 1. The number of nitrogens with one attached hydrogen (secondary N) is 1. The fraction of sp³-hybridized carbons (Fsp3) is 0.125. The molecule has 2 aromatic carbocycles. The van der Waals surface area contributed by atoms with Crippen LogP contribution in [0.2, 0.25) is 0 Å². The van der Waals surface area contributed by atoms with Crippen LogP contribution in [0.4, 0.5) is 5.69 Å². The van der Waals surface area contributed by atoms with Crippen molar-refractivity contribution in [1.82, 2.24) is 0 Å². The van der Waals surface area contributed by atoms with Crippen LogP contribution in [0.15, 0.2) is 46.9 Å². The summed E-state index contributed by atoms with van der Waals surface area (Å²) >= 11 is 3.19. The Labute approximate surface area is 136 Å². The molecule has 0 aliphatic heterocycles. The lowest BCUT2D eigenvalue weighted by molar-refractivity contribution is -0.255. The van der Waals surface area contributed by atoms with E-state index in [0.717, 1.165) is 5.56 Å². The summed E-state index contributed by atoms with van der Waals surface area (Å²) in [7, 11) is 0. The highest BCUT2D eigenvalue weighted by Gasteiger charge is 2.07. The maximum absolute atomic E-state index is 11.8. The topological polar surface area (TPSA) is 78.5 Å². The molecule has 0 aromatic heterocycles. The molecule has 0 saturated heterocycles. The Hall–Kier alpha value is -2.34. The maximum atomic E-state index is 11.8. The van der Waals surface area contributed by atoms with Gasteiger partial charge in [0.25, 0.3) is 5.91 Å². The number of hydrogen-bond acceptors (Lipinski definition) is 4. The van der Waals surface area contributed by atoms with E-state index in [0.29, 0.717) is 15.9 Å². The Morgan fingerprint density at radius 3 is 2.64 bits per heavy atom. The number of halogens is 1. The minimum absolute atomic E-state index is 0.0310. The van der Waals surface area contributed by atoms with Crippen molar-refractivity contribution in [1.29, 1.82) is 0 Å². The summed E-state index contributed by atoms with van der Waals surface area (Å²) in [6.07, 6.45) is 0. The van der Waals surface area contributed by atoms with E-state index >= 15 is 0 Å². The predicted octanol–water partition coefficient (Wildman–Crippen LogP) is 2.14. The van der Waals surface area contributed by atoms with Gasteiger partial charge in [0, 0.05) is 5.69 Å². The van der Waals surface area contributed by atoms with Crippen LogP contribution in [0.1, 0.15) is 15.9 Å². The van der Waals surface area contributed by atoms with Gasteiger partial charge in [0.05, 0.1) is 10.4 Å². The minimum atomic E-state index is -1.27. The van der Waals surface area contributed by atoms with Crippen LogP contribution >= 0.6 is 15.9 Å². The maximum Gasteiger partial charge on any atom is 0.262 e. The van der Waals surface area contributed by atoms with Gasteiger partial charge in [-0.1, -0.05) is 12.1 Å². The third kappa shape index (κ3) is 4.33. The second-order valence-corrected chi connectivity index (χ2v) is 5.49. The van der Waals surface area contributed by atoms with Gasteiger partial charge >= 0.3 is 0 Å². The number of carbonyl (C=O) groups excluding carboxylic acids is 2. The van der Waals surface area contributed by atoms with E-state index in [1.165, 1.54) is 18.2 Å². The molecule has 22 heavy (non-hydrogen) atoms. The van der Waals surface area contributed by atoms with E-state index in [1.54, 1.807) is 6.07 Å². The molecule has 0 unspecified atom stereocenters. The molecule has 0 saturated carbocycles. The molecule has 2 rings (SSSR count). The van der Waals surface area contributed by atoms with Crippen LogP contribution in [0, 0.1) is 6.92 Å². The molecular weight excluding hydrogens is 350 g/mol. The molecule has 1 amide bonds. The Morgan fingerprint density at radius 1 is 1.23 bits per heavy atom. The van der Waals surface area contributed by atoms with Crippen molar-refractivity contribution in [3.63, 3.8) is 0 Å². The second kappa shape index (κ2) is 7.09. The van der Waals surface area contributed by atoms with Gasteiger partial charge in [0.15, 0.2) is 6.61 Å². The monoisotopic (exact) mass is 362 g/mol. The highest BCUT2D eigenvalue weighted by Crippen LogP contribution is 2.25. The predicted molar refractivity (Wildman–Crippen MR) is 83.8 cm³/mol. The van der Waals surface area contributed by atoms with E-state index in [-0.39, 0.29) is 18.1 Å². The van der Waals surface area contributed by atoms with Gasteiger partial charge in [-0.3, -0.25) is 4.79 Å². The Balaban J connectivity index is 1.95. The lowest BCUT2D eigenvalue weighted by atomic mass is 10.2. The van der Waals surface area contributed by atoms with Crippen LogP contribution in [-0.2, 0) is 4.79 Å². The van der Waals surface area contributed by atoms with Crippen molar-refractivity contribution in [3.05, 3.63) is 58.1 Å². The molecule has 6 heteroatoms. The number of benzene rings is 2. The normalized spacial score (nSPS) is 10.1. The molecule has 114 valence electrons. The molecule has 0 aliphatic carbocycles. The number of ether oxygens (including phenoxy) is 1. The third-order valence-electron chi connectivity index (χ3n) is 2.83. The Kier molecular flexibility index (Phi) is 5.16. The average Bonchev–Trinajstić information content (AvgIpc) is 2.45. The number of amides is 1. The van der Waals surface area contributed by atoms with Crippen LogP contribution in [0.5, 0.6) is 5.75 Å². The Bertz CT molecular complexity index is 715. The van der Waals surface area contributed by atoms with Crippen molar-refractivity contribution in [2.75, 3.05) is 11.9 Å². The summed E-state index contributed by atoms with van der Waals surface area (Å²) in [6.45, 7) is 1.75. The first-order chi connectivity index (χ1) is 10.5. The highest BCUT2D eigenvalue weighted by atomic mass is 79.9. The molecule has 0 atom stereocenters. The number of carbonyl (C=O) groups is 2. The van der Waals surface area contributed by atoms with Gasteiger partial charge in [-0.15, -0.1) is 0 Å². The smallest absolute Gasteiger partial charge is 0.262 e. The van der Waals surface area contributed by atoms with Crippen molar-refractivity contribution < 1.29 is 19.4 Å². The van der Waals surface area contributed by atoms with E-state index in [9.17, 15) is 14.7 Å². The zero-order valence-electron chi connectivity index (χ0n) is 11.8. The molecule has 0 radical (unpaired) electrons. The van der Waals surface area contributed by atoms with Gasteiger partial charge in [-0.2, -0.15) is 0 Å². The molecule has 0 bridgehead atoms. The third-order valence-corrected chi connectivity index (χ3v) is 3.45. The number of anilines is 1. The molecule has 2 aromatic rings. The second-order valence-electron chi connectivity index (χ2n) is 4.64. The van der Waals surface area contributed by atoms with Gasteiger partial charge in [-0.05, 0) is 64.3 Å². The fourth-order valence-electron chi connectivity index (χ4n) is 1.81. The summed E-state index contributed by atoms with van der Waals surface area (Å²) in [4.78, 5) is 22.6. The quantitative estimate of drug-likeness (QED) is 0.883. The first-order valence-electron chi connectivity index (χ1n) is 6.46. The van der Waals surface area contributed by atoms with Gasteiger partial charge < -0.3 is 20.0 Å². The van der Waals surface area contributed by atoms with E-state index in [2.05, 4.69) is 21.2 Å². The lowest BCUT2D eigenvalue weighted by Gasteiger charge is -2.11. The summed E-state index contributed by atoms with van der Waals surface area (Å²) in [6, 6.07) is 11.6. The molecule has 5 nitrogen and oxygen atoms in total. The van der Waals surface area contributed by atoms with Crippen LogP contribution in [0.25, 0.3) is 0 Å². The van der Waals surface area contributed by atoms with E-state index in [1.807, 2.05) is 25.1 Å². The minimum Gasteiger partial charge on any atom is -0.545 e. The number of carboxylic acid groups (broad SMARTS) is 1. The van der Waals surface area contributed by atoms with Gasteiger partial charge in [0.2, 0.25) is 0 Å². The zero-order valence-corrected chi connectivity index (χ0v) is 13.3. The first kappa shape index (κ1) is 16.0. The van der Waals surface area contributed by atoms with Crippen LogP contribution in [0.3, 0.4) is 0 Å². The zero-order chi connectivity index (χ0) is 16.1. The molecular formula is C16H13BrNO4-. The lowest BCUT2D eigenvalue weighted by Crippen LogP contribution is -2.22. The molecule has 0 fully saturated rings. The summed E-state index contributed by atoms with van der Waals surface area (Å²) in [5, 5.41) is 13.4. The summed E-state index contributed by atoms with van der Waals surface area (Å²) in [5.41, 5.74) is 1.77. The van der Waals surface area contributed by atoms with E-state index < -0.39 is 5.97 Å².